The molecule has 2 amide bonds. The minimum Gasteiger partial charge on any atom is -0.383 e. The van der Waals surface area contributed by atoms with E-state index in [1.54, 1.807) is 23.7 Å². The van der Waals surface area contributed by atoms with Gasteiger partial charge in [0.25, 0.3) is 5.91 Å². The van der Waals surface area contributed by atoms with Crippen molar-refractivity contribution < 1.29 is 23.1 Å². The van der Waals surface area contributed by atoms with Crippen molar-refractivity contribution in [3.8, 4) is 11.8 Å². The van der Waals surface area contributed by atoms with Gasteiger partial charge < -0.3 is 30.9 Å². The van der Waals surface area contributed by atoms with Crippen molar-refractivity contribution in [1.29, 1.82) is 0 Å². The van der Waals surface area contributed by atoms with Crippen molar-refractivity contribution >= 4 is 41.6 Å². The van der Waals surface area contributed by atoms with Gasteiger partial charge in [-0.1, -0.05) is 5.92 Å². The number of carbonyl (C=O) groups excluding carboxylic acids is 2. The molecule has 39 heavy (non-hydrogen) atoms. The number of nitrogens with one attached hydrogen (secondary N) is 2. The van der Waals surface area contributed by atoms with Crippen LogP contribution in [0.15, 0.2) is 6.07 Å². The van der Waals surface area contributed by atoms with Crippen LogP contribution < -0.4 is 21.3 Å². The zero-order valence-electron chi connectivity index (χ0n) is 21.8. The highest BCUT2D eigenvalue weighted by molar-refractivity contribution is 7.80. The number of nitrogens with two attached hydrogens (primary N) is 1. The zero-order chi connectivity index (χ0) is 27.8. The lowest BCUT2D eigenvalue weighted by atomic mass is 10.1. The molecule has 3 heterocycles. The lowest BCUT2D eigenvalue weighted by Crippen LogP contribution is -2.38. The van der Waals surface area contributed by atoms with E-state index in [9.17, 15) is 9.59 Å². The van der Waals surface area contributed by atoms with Gasteiger partial charge in [-0.05, 0) is 30.9 Å². The Kier molecular flexibility index (Phi) is 7.59. The first-order valence-electron chi connectivity index (χ1n) is 12.8. The third kappa shape index (κ3) is 4.98. The van der Waals surface area contributed by atoms with Crippen molar-refractivity contribution in [2.24, 2.45) is 5.73 Å². The molecule has 208 valence electrons. The number of rotatable bonds is 8. The second kappa shape index (κ2) is 10.9. The molecule has 1 saturated carbocycles. The van der Waals surface area contributed by atoms with Crippen LogP contribution in [0.25, 0.3) is 0 Å². The van der Waals surface area contributed by atoms with Crippen LogP contribution in [0.5, 0.6) is 0 Å². The first-order valence-corrected chi connectivity index (χ1v) is 13.5. The van der Waals surface area contributed by atoms with E-state index in [1.807, 2.05) is 4.90 Å². The molecule has 0 bridgehead atoms. The number of benzene rings is 1. The van der Waals surface area contributed by atoms with Crippen molar-refractivity contribution in [1.82, 2.24) is 14.7 Å². The summed E-state index contributed by atoms with van der Waals surface area (Å²) < 4.78 is 37.3. The van der Waals surface area contributed by atoms with Gasteiger partial charge in [0, 0.05) is 39.2 Å². The smallest absolute Gasteiger partial charge is 0.255 e. The maximum absolute atomic E-state index is 15.3. The minimum absolute atomic E-state index is 0.00781. The summed E-state index contributed by atoms with van der Waals surface area (Å²) in [6, 6.07) is 1.08. The van der Waals surface area contributed by atoms with Gasteiger partial charge in [-0.3, -0.25) is 9.59 Å². The lowest BCUT2D eigenvalue weighted by Gasteiger charge is -2.23. The summed E-state index contributed by atoms with van der Waals surface area (Å²) >= 11 is 4.17. The standard InChI is InChI=1S/C26H31F2N7O3S/c1-30-26-22(25(29)37)19(32-35(26)15-9-16(12-38-2)33(11-15)21(36)7-8-39)6-5-17-18(27)10-20-24(23(17)28)31-13-34(20)14-3-4-14/h10,14-16,30-31,39H,3-4,7-9,11-13H2,1-2H3,(H2,29,37)/t15-,16+/m0/s1. The van der Waals surface area contributed by atoms with E-state index in [0.29, 0.717) is 49.5 Å². The highest BCUT2D eigenvalue weighted by Crippen LogP contribution is 2.42. The van der Waals surface area contributed by atoms with Crippen LogP contribution in [0.3, 0.4) is 0 Å². The number of methoxy groups -OCH3 is 1. The molecule has 2 atom stereocenters. The fourth-order valence-corrected chi connectivity index (χ4v) is 5.61. The number of primary amides is 1. The number of halogens is 2. The molecule has 0 unspecified atom stereocenters. The molecule has 2 fully saturated rings. The lowest BCUT2D eigenvalue weighted by molar-refractivity contribution is -0.132. The topological polar surface area (TPSA) is 118 Å². The predicted molar refractivity (Wildman–Crippen MR) is 146 cm³/mol. The molecule has 1 aromatic carbocycles. The Labute approximate surface area is 230 Å². The number of anilines is 3. The van der Waals surface area contributed by atoms with Crippen LogP contribution in [-0.2, 0) is 9.53 Å². The molecule has 2 aromatic rings. The Balaban J connectivity index is 1.50. The summed E-state index contributed by atoms with van der Waals surface area (Å²) in [5.41, 5.74) is 5.97. The number of carbonyl (C=O) groups is 2. The summed E-state index contributed by atoms with van der Waals surface area (Å²) in [5, 5.41) is 10.5. The van der Waals surface area contributed by atoms with Gasteiger partial charge in [-0.15, -0.1) is 0 Å². The highest BCUT2D eigenvalue weighted by atomic mass is 32.1. The summed E-state index contributed by atoms with van der Waals surface area (Å²) in [4.78, 5) is 28.9. The van der Waals surface area contributed by atoms with Gasteiger partial charge in [0.15, 0.2) is 11.5 Å². The average Bonchev–Trinajstić information content (AvgIpc) is 3.34. The molecule has 0 spiro atoms. The van der Waals surface area contributed by atoms with Crippen LogP contribution >= 0.6 is 12.6 Å². The van der Waals surface area contributed by atoms with Crippen LogP contribution in [-0.4, -0.2) is 78.3 Å². The van der Waals surface area contributed by atoms with E-state index in [4.69, 9.17) is 10.5 Å². The SMILES string of the molecule is CNc1c(C(N)=O)c(C#Cc2c(F)cc3c(c2F)NCN3C2CC2)nn1[C@H]1C[C@H](COC)N(C(=O)CCS)C1. The molecular weight excluding hydrogens is 528 g/mol. The van der Waals surface area contributed by atoms with Crippen molar-refractivity contribution in [3.63, 3.8) is 0 Å². The van der Waals surface area contributed by atoms with E-state index < -0.39 is 23.1 Å². The quantitative estimate of drug-likeness (QED) is 0.289. The maximum Gasteiger partial charge on any atom is 0.255 e. The van der Waals surface area contributed by atoms with E-state index in [2.05, 4.69) is 40.2 Å². The Bertz CT molecular complexity index is 1370. The summed E-state index contributed by atoms with van der Waals surface area (Å²) in [6.45, 7) is 1.08. The number of nitrogens with zero attached hydrogens (tertiary/aromatic N) is 4. The number of aromatic nitrogens is 2. The first-order chi connectivity index (χ1) is 18.8. The fraction of sp³-hybridized carbons (Fsp3) is 0.500. The fourth-order valence-electron chi connectivity index (χ4n) is 5.42. The third-order valence-corrected chi connectivity index (χ3v) is 7.59. The number of ether oxygens (including phenoxy) is 1. The largest absolute Gasteiger partial charge is 0.383 e. The number of hydrogen-bond acceptors (Lipinski definition) is 8. The Morgan fingerprint density at radius 2 is 2.08 bits per heavy atom. The van der Waals surface area contributed by atoms with Crippen LogP contribution in [0.2, 0.25) is 0 Å². The molecule has 10 nitrogen and oxygen atoms in total. The van der Waals surface area contributed by atoms with Crippen molar-refractivity contribution in [2.75, 3.05) is 55.3 Å². The molecular formula is C26H31F2N7O3S. The van der Waals surface area contributed by atoms with E-state index >= 15 is 8.78 Å². The Hall–Kier alpha value is -3.50. The van der Waals surface area contributed by atoms with Gasteiger partial charge in [-0.25, -0.2) is 13.5 Å². The van der Waals surface area contributed by atoms with Gasteiger partial charge in [-0.2, -0.15) is 17.7 Å². The Morgan fingerprint density at radius 1 is 1.31 bits per heavy atom. The van der Waals surface area contributed by atoms with Gasteiger partial charge in [0.2, 0.25) is 5.91 Å². The van der Waals surface area contributed by atoms with Crippen LogP contribution in [0.1, 0.15) is 53.3 Å². The van der Waals surface area contributed by atoms with Crippen molar-refractivity contribution in [3.05, 3.63) is 34.5 Å². The second-order valence-corrected chi connectivity index (χ2v) is 10.3. The summed E-state index contributed by atoms with van der Waals surface area (Å²) in [5.74, 6) is 3.53. The monoisotopic (exact) mass is 559 g/mol. The zero-order valence-corrected chi connectivity index (χ0v) is 22.7. The molecule has 3 aliphatic rings. The number of thiol groups is 1. The molecule has 1 aliphatic carbocycles. The first kappa shape index (κ1) is 27.1. The molecule has 5 rings (SSSR count). The molecule has 4 N–H and O–H groups in total. The number of hydrogen-bond donors (Lipinski definition) is 4. The Morgan fingerprint density at radius 3 is 2.72 bits per heavy atom. The van der Waals surface area contributed by atoms with Gasteiger partial charge >= 0.3 is 0 Å². The van der Waals surface area contributed by atoms with Gasteiger partial charge in [0.05, 0.1) is 42.3 Å². The molecule has 13 heteroatoms. The third-order valence-electron chi connectivity index (χ3n) is 7.36. The predicted octanol–water partition coefficient (Wildman–Crippen LogP) is 2.16. The molecule has 1 saturated heterocycles. The maximum atomic E-state index is 15.3. The second-order valence-electron chi connectivity index (χ2n) is 9.88. The normalized spacial score (nSPS) is 19.9. The molecule has 0 radical (unpaired) electrons. The van der Waals surface area contributed by atoms with E-state index in [-0.39, 0.29) is 41.4 Å². The van der Waals surface area contributed by atoms with Crippen molar-refractivity contribution in [2.45, 2.75) is 43.8 Å². The number of amides is 2. The number of likely N-dealkylation sites (tertiary alicyclic amines) is 1. The van der Waals surface area contributed by atoms with E-state index in [1.165, 1.54) is 6.07 Å². The van der Waals surface area contributed by atoms with Gasteiger partial charge in [0.1, 0.15) is 17.2 Å². The molecule has 2 aliphatic heterocycles. The molecule has 1 aromatic heterocycles. The van der Waals surface area contributed by atoms with Crippen LogP contribution in [0.4, 0.5) is 26.0 Å². The summed E-state index contributed by atoms with van der Waals surface area (Å²) in [6.07, 6.45) is 2.78. The van der Waals surface area contributed by atoms with E-state index in [0.717, 1.165) is 12.8 Å². The summed E-state index contributed by atoms with van der Waals surface area (Å²) in [7, 11) is 3.18. The minimum atomic E-state index is -0.793. The van der Waals surface area contributed by atoms with Crippen LogP contribution in [0, 0.1) is 23.5 Å². The highest BCUT2D eigenvalue weighted by Gasteiger charge is 2.39. The average molecular weight is 560 g/mol. The number of fused-ring (bicyclic) bond motifs is 1.